The molecule has 1 aliphatic rings. The van der Waals surface area contributed by atoms with E-state index in [2.05, 4.69) is 5.32 Å². The summed E-state index contributed by atoms with van der Waals surface area (Å²) in [6, 6.07) is 10.0. The second-order valence-corrected chi connectivity index (χ2v) is 12.0. The van der Waals surface area contributed by atoms with Crippen LogP contribution in [0.15, 0.2) is 52.3 Å². The molecule has 1 atom stereocenters. The molecule has 0 aliphatic carbocycles. The first-order valence-corrected chi connectivity index (χ1v) is 13.4. The van der Waals surface area contributed by atoms with Crippen LogP contribution in [0, 0.1) is 0 Å². The minimum absolute atomic E-state index is 0.0631. The Bertz CT molecular complexity index is 1240. The molecule has 0 saturated carbocycles. The van der Waals surface area contributed by atoms with E-state index in [1.807, 2.05) is 6.92 Å². The molecule has 11 heteroatoms. The topological polar surface area (TPSA) is 113 Å². The Balaban J connectivity index is 1.99. The van der Waals surface area contributed by atoms with Crippen molar-refractivity contribution >= 4 is 31.6 Å². The molecule has 2 aromatic carbocycles. The van der Waals surface area contributed by atoms with Gasteiger partial charge >= 0.3 is 0 Å². The molecular weight excluding hydrogens is 466 g/mol. The third-order valence-corrected chi connectivity index (χ3v) is 9.56. The van der Waals surface area contributed by atoms with Gasteiger partial charge in [-0.25, -0.2) is 21.1 Å². The van der Waals surface area contributed by atoms with Crippen molar-refractivity contribution in [2.45, 2.75) is 42.0 Å². The first-order chi connectivity index (χ1) is 15.5. The molecule has 180 valence electrons. The van der Waals surface area contributed by atoms with E-state index < -0.39 is 26.0 Å². The Labute approximate surface area is 195 Å². The highest BCUT2D eigenvalue weighted by molar-refractivity contribution is 7.89. The van der Waals surface area contributed by atoms with Crippen molar-refractivity contribution in [3.8, 4) is 5.75 Å². The minimum Gasteiger partial charge on any atom is -0.495 e. The van der Waals surface area contributed by atoms with Gasteiger partial charge in [0.15, 0.2) is 0 Å². The van der Waals surface area contributed by atoms with Crippen LogP contribution < -0.4 is 10.1 Å². The van der Waals surface area contributed by atoms with E-state index in [0.717, 1.165) is 23.6 Å². The molecule has 33 heavy (non-hydrogen) atoms. The van der Waals surface area contributed by atoms with Crippen LogP contribution in [0.1, 0.15) is 36.5 Å². The lowest BCUT2D eigenvalue weighted by Gasteiger charge is -2.32. The van der Waals surface area contributed by atoms with E-state index in [9.17, 15) is 21.6 Å². The largest absolute Gasteiger partial charge is 0.495 e. The zero-order valence-corrected chi connectivity index (χ0v) is 20.7. The van der Waals surface area contributed by atoms with Gasteiger partial charge in [0.2, 0.25) is 20.0 Å². The van der Waals surface area contributed by atoms with Crippen LogP contribution in [-0.2, 0) is 20.0 Å². The summed E-state index contributed by atoms with van der Waals surface area (Å²) in [5.41, 5.74) is 0.164. The van der Waals surface area contributed by atoms with Gasteiger partial charge in [0.25, 0.3) is 5.91 Å². The van der Waals surface area contributed by atoms with Crippen molar-refractivity contribution in [1.82, 2.24) is 8.61 Å². The quantitative estimate of drug-likeness (QED) is 0.632. The molecule has 1 amide bonds. The van der Waals surface area contributed by atoms with Gasteiger partial charge in [0.1, 0.15) is 15.5 Å². The maximum Gasteiger partial charge on any atom is 0.255 e. The van der Waals surface area contributed by atoms with Gasteiger partial charge in [-0.2, -0.15) is 4.31 Å². The summed E-state index contributed by atoms with van der Waals surface area (Å²) < 4.78 is 59.8. The second-order valence-electron chi connectivity index (χ2n) is 8.06. The summed E-state index contributed by atoms with van der Waals surface area (Å²) in [4.78, 5) is 12.9. The second kappa shape index (κ2) is 9.80. The number of para-hydroxylation sites is 1. The predicted octanol–water partition coefficient (Wildman–Crippen LogP) is 2.76. The van der Waals surface area contributed by atoms with E-state index in [-0.39, 0.29) is 32.8 Å². The number of benzene rings is 2. The molecule has 1 heterocycles. The Morgan fingerprint density at radius 3 is 2.39 bits per heavy atom. The molecule has 1 N–H and O–H groups in total. The maximum absolute atomic E-state index is 13.4. The summed E-state index contributed by atoms with van der Waals surface area (Å²) in [6.07, 6.45) is 2.49. The zero-order valence-electron chi connectivity index (χ0n) is 19.1. The number of hydrogen-bond acceptors (Lipinski definition) is 6. The zero-order chi connectivity index (χ0) is 24.4. The molecule has 0 aromatic heterocycles. The number of hydrogen-bond donors (Lipinski definition) is 1. The fourth-order valence-corrected chi connectivity index (χ4v) is 6.68. The van der Waals surface area contributed by atoms with E-state index in [1.165, 1.54) is 55.8 Å². The van der Waals surface area contributed by atoms with Crippen molar-refractivity contribution in [2.24, 2.45) is 0 Å². The van der Waals surface area contributed by atoms with Gasteiger partial charge in [0.05, 0.1) is 12.8 Å². The molecule has 0 radical (unpaired) electrons. The SMILES string of the molecule is COc1ccc(C(=O)Nc2ccccc2S(=O)(=O)N(C)C)cc1S(=O)(=O)N1CCCCC1C. The molecule has 0 bridgehead atoms. The smallest absolute Gasteiger partial charge is 0.255 e. The number of ether oxygens (including phenoxy) is 1. The first kappa shape index (κ1) is 25.2. The van der Waals surface area contributed by atoms with Gasteiger partial charge in [-0.3, -0.25) is 4.79 Å². The average Bonchev–Trinajstić information content (AvgIpc) is 2.78. The summed E-state index contributed by atoms with van der Waals surface area (Å²) in [6.45, 7) is 2.26. The Kier molecular flexibility index (Phi) is 7.47. The lowest BCUT2D eigenvalue weighted by molar-refractivity contribution is 0.102. The van der Waals surface area contributed by atoms with Crippen LogP contribution >= 0.6 is 0 Å². The van der Waals surface area contributed by atoms with E-state index in [0.29, 0.717) is 6.54 Å². The molecule has 1 saturated heterocycles. The average molecular weight is 496 g/mol. The van der Waals surface area contributed by atoms with Crippen molar-refractivity contribution in [3.63, 3.8) is 0 Å². The molecule has 2 aromatic rings. The fraction of sp³-hybridized carbons (Fsp3) is 0.409. The first-order valence-electron chi connectivity index (χ1n) is 10.5. The number of piperidine rings is 1. The number of rotatable bonds is 7. The molecular formula is C22H29N3O6S2. The van der Waals surface area contributed by atoms with Crippen LogP contribution in [-0.4, -0.2) is 65.1 Å². The molecule has 0 spiro atoms. The maximum atomic E-state index is 13.4. The number of carbonyl (C=O) groups excluding carboxylic acids is 1. The van der Waals surface area contributed by atoms with Crippen LogP contribution in [0.3, 0.4) is 0 Å². The van der Waals surface area contributed by atoms with Crippen LogP contribution in [0.5, 0.6) is 5.75 Å². The third kappa shape index (κ3) is 5.06. The van der Waals surface area contributed by atoms with Crippen LogP contribution in [0.4, 0.5) is 5.69 Å². The van der Waals surface area contributed by atoms with Gasteiger partial charge < -0.3 is 10.1 Å². The van der Waals surface area contributed by atoms with E-state index in [1.54, 1.807) is 12.1 Å². The van der Waals surface area contributed by atoms with Gasteiger partial charge in [-0.15, -0.1) is 0 Å². The summed E-state index contributed by atoms with van der Waals surface area (Å²) in [5, 5.41) is 2.60. The molecule has 1 aliphatic heterocycles. The molecule has 9 nitrogen and oxygen atoms in total. The monoisotopic (exact) mass is 495 g/mol. The molecule has 1 fully saturated rings. The van der Waals surface area contributed by atoms with Gasteiger partial charge in [-0.05, 0) is 50.1 Å². The highest BCUT2D eigenvalue weighted by Crippen LogP contribution is 2.32. The summed E-state index contributed by atoms with van der Waals surface area (Å²) in [7, 11) is -3.53. The Morgan fingerprint density at radius 1 is 1.06 bits per heavy atom. The minimum atomic E-state index is -3.90. The van der Waals surface area contributed by atoms with E-state index in [4.69, 9.17) is 4.74 Å². The molecule has 1 unspecified atom stereocenters. The highest BCUT2D eigenvalue weighted by atomic mass is 32.2. The standard InChI is InChI=1S/C22H29N3O6S2/c1-16-9-7-8-14-25(16)33(29,30)21-15-17(12-13-19(21)31-4)22(26)23-18-10-5-6-11-20(18)32(27,28)24(2)3/h5-6,10-13,15-16H,7-9,14H2,1-4H3,(H,23,26). The van der Waals surface area contributed by atoms with Crippen LogP contribution in [0.25, 0.3) is 0 Å². The summed E-state index contributed by atoms with van der Waals surface area (Å²) in [5.74, 6) is -0.498. The number of carbonyl (C=O) groups is 1. The number of amides is 1. The summed E-state index contributed by atoms with van der Waals surface area (Å²) >= 11 is 0. The Hall–Kier alpha value is -2.47. The van der Waals surface area contributed by atoms with Gasteiger partial charge in [0, 0.05) is 32.2 Å². The highest BCUT2D eigenvalue weighted by Gasteiger charge is 2.33. The lowest BCUT2D eigenvalue weighted by atomic mass is 10.1. The number of sulfonamides is 2. The number of methoxy groups -OCH3 is 1. The predicted molar refractivity (Wildman–Crippen MR) is 125 cm³/mol. The third-order valence-electron chi connectivity index (χ3n) is 5.65. The van der Waals surface area contributed by atoms with Crippen LogP contribution in [0.2, 0.25) is 0 Å². The normalized spacial score (nSPS) is 17.7. The van der Waals surface area contributed by atoms with E-state index >= 15 is 0 Å². The number of nitrogens with zero attached hydrogens (tertiary/aromatic N) is 2. The molecule has 3 rings (SSSR count). The van der Waals surface area contributed by atoms with Crippen molar-refractivity contribution in [3.05, 3.63) is 48.0 Å². The van der Waals surface area contributed by atoms with Crippen molar-refractivity contribution in [1.29, 1.82) is 0 Å². The Morgan fingerprint density at radius 2 is 1.76 bits per heavy atom. The fourth-order valence-electron chi connectivity index (χ4n) is 3.76. The number of nitrogens with one attached hydrogen (secondary N) is 1. The lowest BCUT2D eigenvalue weighted by Crippen LogP contribution is -2.42. The van der Waals surface area contributed by atoms with Crippen molar-refractivity contribution in [2.75, 3.05) is 33.1 Å². The van der Waals surface area contributed by atoms with Gasteiger partial charge in [-0.1, -0.05) is 18.6 Å². The van der Waals surface area contributed by atoms with Crippen molar-refractivity contribution < 1.29 is 26.4 Å². The number of anilines is 1.